The molecule has 0 spiro atoms. The highest BCUT2D eigenvalue weighted by molar-refractivity contribution is 4.77. The van der Waals surface area contributed by atoms with Crippen LogP contribution in [0, 0.1) is 0 Å². The number of nitrogens with zero attached hydrogens (tertiary/aromatic N) is 1. The smallest absolute Gasteiger partial charge is 0.167 e. The fraction of sp³-hybridized carbons (Fsp3) is 1.00. The highest BCUT2D eigenvalue weighted by atomic mass is 16.7. The minimum Gasteiger partial charge on any atom is -0.394 e. The molecule has 2 unspecified atom stereocenters. The van der Waals surface area contributed by atoms with E-state index in [0.717, 1.165) is 13.0 Å². The topological polar surface area (TPSA) is 41.9 Å². The molecule has 2 atom stereocenters. The van der Waals surface area contributed by atoms with E-state index in [0.29, 0.717) is 6.61 Å². The zero-order valence-electron chi connectivity index (χ0n) is 10.2. The van der Waals surface area contributed by atoms with Crippen LogP contribution in [0.25, 0.3) is 0 Å². The first-order valence-electron chi connectivity index (χ1n) is 6.37. The van der Waals surface area contributed by atoms with Crippen molar-refractivity contribution in [1.82, 2.24) is 4.90 Å². The van der Waals surface area contributed by atoms with Gasteiger partial charge in [-0.2, -0.15) is 0 Å². The number of ether oxygens (including phenoxy) is 2. The predicted molar refractivity (Wildman–Crippen MR) is 61.2 cm³/mol. The summed E-state index contributed by atoms with van der Waals surface area (Å²) in [6.07, 6.45) is 4.76. The first-order chi connectivity index (χ1) is 7.72. The maximum atomic E-state index is 9.00. The monoisotopic (exact) mass is 229 g/mol. The van der Waals surface area contributed by atoms with Gasteiger partial charge in [0.15, 0.2) is 5.79 Å². The van der Waals surface area contributed by atoms with Crippen molar-refractivity contribution >= 4 is 0 Å². The van der Waals surface area contributed by atoms with Gasteiger partial charge in [-0.15, -0.1) is 0 Å². The number of hydrogen-bond acceptors (Lipinski definition) is 4. The van der Waals surface area contributed by atoms with Gasteiger partial charge in [-0.1, -0.05) is 6.42 Å². The molecule has 0 amide bonds. The normalized spacial score (nSPS) is 36.8. The van der Waals surface area contributed by atoms with Crippen LogP contribution in [-0.2, 0) is 9.47 Å². The van der Waals surface area contributed by atoms with E-state index < -0.39 is 5.79 Å². The van der Waals surface area contributed by atoms with Crippen molar-refractivity contribution in [2.24, 2.45) is 0 Å². The van der Waals surface area contributed by atoms with Gasteiger partial charge in [-0.05, 0) is 32.9 Å². The quantitative estimate of drug-likeness (QED) is 0.780. The fourth-order valence-electron chi connectivity index (χ4n) is 2.46. The lowest BCUT2D eigenvalue weighted by atomic mass is 10.1. The van der Waals surface area contributed by atoms with Crippen LogP contribution < -0.4 is 0 Å². The Kier molecular flexibility index (Phi) is 4.19. The maximum Gasteiger partial charge on any atom is 0.167 e. The van der Waals surface area contributed by atoms with Gasteiger partial charge in [0.2, 0.25) is 0 Å². The molecule has 0 saturated carbocycles. The Balaban J connectivity index is 1.72. The summed E-state index contributed by atoms with van der Waals surface area (Å²) in [4.78, 5) is 2.48. The molecule has 4 heteroatoms. The average Bonchev–Trinajstić information content (AvgIpc) is 2.71. The van der Waals surface area contributed by atoms with Gasteiger partial charge in [0, 0.05) is 13.0 Å². The van der Waals surface area contributed by atoms with E-state index in [-0.39, 0.29) is 12.7 Å². The van der Waals surface area contributed by atoms with Crippen LogP contribution >= 0.6 is 0 Å². The molecule has 0 bridgehead atoms. The van der Waals surface area contributed by atoms with Crippen molar-refractivity contribution < 1.29 is 14.6 Å². The second-order valence-corrected chi connectivity index (χ2v) is 5.02. The van der Waals surface area contributed by atoms with E-state index >= 15 is 0 Å². The van der Waals surface area contributed by atoms with E-state index in [4.69, 9.17) is 14.6 Å². The zero-order valence-corrected chi connectivity index (χ0v) is 10.2. The van der Waals surface area contributed by atoms with Crippen molar-refractivity contribution in [3.63, 3.8) is 0 Å². The van der Waals surface area contributed by atoms with E-state index in [1.807, 2.05) is 6.92 Å². The lowest BCUT2D eigenvalue weighted by Gasteiger charge is -2.30. The minimum atomic E-state index is -0.481. The second kappa shape index (κ2) is 5.45. The van der Waals surface area contributed by atoms with Crippen LogP contribution in [0.3, 0.4) is 0 Å². The molecule has 2 rings (SSSR count). The second-order valence-electron chi connectivity index (χ2n) is 5.02. The van der Waals surface area contributed by atoms with Gasteiger partial charge in [-0.3, -0.25) is 0 Å². The van der Waals surface area contributed by atoms with E-state index in [2.05, 4.69) is 4.90 Å². The van der Waals surface area contributed by atoms with Crippen LogP contribution in [0.15, 0.2) is 0 Å². The first-order valence-corrected chi connectivity index (χ1v) is 6.37. The standard InChI is InChI=1S/C12H23NO3/c1-12(15-10-11(9-14)16-12)5-8-13-6-3-2-4-7-13/h11,14H,2-10H2,1H3. The van der Waals surface area contributed by atoms with Gasteiger partial charge >= 0.3 is 0 Å². The van der Waals surface area contributed by atoms with Crippen LogP contribution in [0.1, 0.15) is 32.6 Å². The molecule has 0 aromatic rings. The molecule has 2 saturated heterocycles. The molecule has 2 fully saturated rings. The Morgan fingerprint density at radius 2 is 2.06 bits per heavy atom. The van der Waals surface area contributed by atoms with Crippen molar-refractivity contribution in [1.29, 1.82) is 0 Å². The Hall–Kier alpha value is -0.160. The lowest BCUT2D eigenvalue weighted by Crippen LogP contribution is -2.37. The maximum absolute atomic E-state index is 9.00. The molecule has 0 aliphatic carbocycles. The molecule has 2 heterocycles. The first kappa shape index (κ1) is 12.3. The molecule has 94 valence electrons. The molecule has 16 heavy (non-hydrogen) atoms. The van der Waals surface area contributed by atoms with Crippen molar-refractivity contribution in [3.8, 4) is 0 Å². The van der Waals surface area contributed by atoms with Crippen molar-refractivity contribution in [2.75, 3.05) is 32.8 Å². The summed E-state index contributed by atoms with van der Waals surface area (Å²) < 4.78 is 11.3. The molecule has 0 aromatic carbocycles. The number of rotatable bonds is 4. The van der Waals surface area contributed by atoms with Gasteiger partial charge in [-0.25, -0.2) is 0 Å². The fourth-order valence-corrected chi connectivity index (χ4v) is 2.46. The van der Waals surface area contributed by atoms with Gasteiger partial charge < -0.3 is 19.5 Å². The van der Waals surface area contributed by atoms with Crippen molar-refractivity contribution in [3.05, 3.63) is 0 Å². The summed E-state index contributed by atoms with van der Waals surface area (Å²) in [5, 5.41) is 9.00. The molecule has 4 nitrogen and oxygen atoms in total. The number of aliphatic hydroxyl groups is 1. The summed E-state index contributed by atoms with van der Waals surface area (Å²) in [5.74, 6) is -0.481. The van der Waals surface area contributed by atoms with Crippen molar-refractivity contribution in [2.45, 2.75) is 44.5 Å². The molecule has 1 N–H and O–H groups in total. The summed E-state index contributed by atoms with van der Waals surface area (Å²) >= 11 is 0. The van der Waals surface area contributed by atoms with Crippen LogP contribution in [0.4, 0.5) is 0 Å². The number of likely N-dealkylation sites (tertiary alicyclic amines) is 1. The highest BCUT2D eigenvalue weighted by Gasteiger charge is 2.36. The SMILES string of the molecule is CC1(CCN2CCCCC2)OCC(CO)O1. The van der Waals surface area contributed by atoms with E-state index in [9.17, 15) is 0 Å². The van der Waals surface area contributed by atoms with Crippen LogP contribution in [0.5, 0.6) is 0 Å². The third-order valence-electron chi connectivity index (χ3n) is 3.52. The summed E-state index contributed by atoms with van der Waals surface area (Å²) in [6.45, 7) is 6.01. The Labute approximate surface area is 97.5 Å². The van der Waals surface area contributed by atoms with Gasteiger partial charge in [0.05, 0.1) is 13.2 Å². The molecule has 2 aliphatic rings. The van der Waals surface area contributed by atoms with E-state index in [1.165, 1.54) is 32.4 Å². The molecular weight excluding hydrogens is 206 g/mol. The number of aliphatic hydroxyl groups excluding tert-OH is 1. The largest absolute Gasteiger partial charge is 0.394 e. The Morgan fingerprint density at radius 3 is 2.69 bits per heavy atom. The van der Waals surface area contributed by atoms with Crippen LogP contribution in [-0.4, -0.2) is 54.7 Å². The molecule has 2 aliphatic heterocycles. The van der Waals surface area contributed by atoms with Crippen LogP contribution in [0.2, 0.25) is 0 Å². The molecule has 0 radical (unpaired) electrons. The minimum absolute atomic E-state index is 0.0549. The van der Waals surface area contributed by atoms with E-state index in [1.54, 1.807) is 0 Å². The predicted octanol–water partition coefficient (Wildman–Crippen LogP) is 0.986. The number of piperidine rings is 1. The average molecular weight is 229 g/mol. The number of hydrogen-bond donors (Lipinski definition) is 1. The zero-order chi connectivity index (χ0) is 11.4. The third-order valence-corrected chi connectivity index (χ3v) is 3.52. The lowest BCUT2D eigenvalue weighted by molar-refractivity contribution is -0.164. The summed E-state index contributed by atoms with van der Waals surface area (Å²) in [7, 11) is 0. The Morgan fingerprint density at radius 1 is 1.31 bits per heavy atom. The third kappa shape index (κ3) is 3.17. The highest BCUT2D eigenvalue weighted by Crippen LogP contribution is 2.27. The van der Waals surface area contributed by atoms with Gasteiger partial charge in [0.25, 0.3) is 0 Å². The Bertz CT molecular complexity index is 218. The molecule has 0 aromatic heterocycles. The summed E-state index contributed by atoms with van der Waals surface area (Å²) in [5.41, 5.74) is 0. The molecular formula is C12H23NO3. The summed E-state index contributed by atoms with van der Waals surface area (Å²) in [6, 6.07) is 0. The van der Waals surface area contributed by atoms with Gasteiger partial charge in [0.1, 0.15) is 6.10 Å².